The number of furan rings is 1. The molecule has 30 heavy (non-hydrogen) atoms. The number of esters is 1. The number of benzene rings is 1. The number of ether oxygens (including phenoxy) is 1. The van der Waals surface area contributed by atoms with E-state index in [2.05, 4.69) is 15.5 Å². The zero-order valence-corrected chi connectivity index (χ0v) is 17.8. The summed E-state index contributed by atoms with van der Waals surface area (Å²) in [5, 5.41) is 10.1. The standard InChI is InChI=1S/C21H22ClN3O5/c1-10(2)16(13-5-7-14(22)8-6-13)21(28)29-9-15(26)23-20-18-17(12(4)30-20)11(3)24-25-19(18)27/h5-8,10,16H,9H2,1-4H3,(H,23,26)(H,25,27)/t16-/m0/s1. The summed E-state index contributed by atoms with van der Waals surface area (Å²) in [6.07, 6.45) is 0. The van der Waals surface area contributed by atoms with Crippen LogP contribution in [-0.2, 0) is 14.3 Å². The molecule has 1 atom stereocenters. The number of amides is 1. The lowest BCUT2D eigenvalue weighted by Gasteiger charge is -2.19. The average Bonchev–Trinajstić information content (AvgIpc) is 3.01. The average molecular weight is 432 g/mol. The molecule has 2 heterocycles. The van der Waals surface area contributed by atoms with Gasteiger partial charge in [-0.25, -0.2) is 5.10 Å². The molecule has 0 saturated carbocycles. The zero-order valence-electron chi connectivity index (χ0n) is 17.0. The number of hydrogen-bond donors (Lipinski definition) is 2. The molecule has 0 aliphatic rings. The van der Waals surface area contributed by atoms with Gasteiger partial charge < -0.3 is 9.15 Å². The number of aromatic nitrogens is 2. The van der Waals surface area contributed by atoms with E-state index in [-0.39, 0.29) is 17.2 Å². The monoisotopic (exact) mass is 431 g/mol. The van der Waals surface area contributed by atoms with Crippen LogP contribution in [-0.4, -0.2) is 28.7 Å². The first kappa shape index (κ1) is 21.6. The maximum atomic E-state index is 12.6. The molecule has 0 unspecified atom stereocenters. The number of aromatic amines is 1. The van der Waals surface area contributed by atoms with E-state index in [0.717, 1.165) is 5.56 Å². The van der Waals surface area contributed by atoms with Crippen molar-refractivity contribution < 1.29 is 18.7 Å². The van der Waals surface area contributed by atoms with Crippen LogP contribution in [0.25, 0.3) is 10.8 Å². The van der Waals surface area contributed by atoms with Crippen molar-refractivity contribution in [2.75, 3.05) is 11.9 Å². The Morgan fingerprint density at radius 1 is 1.20 bits per heavy atom. The Labute approximate surface area is 177 Å². The Kier molecular flexibility index (Phi) is 6.26. The van der Waals surface area contributed by atoms with Crippen molar-refractivity contribution in [3.8, 4) is 0 Å². The number of hydrogen-bond acceptors (Lipinski definition) is 6. The lowest BCUT2D eigenvalue weighted by molar-refractivity contribution is -0.149. The van der Waals surface area contributed by atoms with E-state index in [1.54, 1.807) is 38.1 Å². The molecule has 3 aromatic rings. The Hall–Kier alpha value is -3.13. The molecule has 1 amide bonds. The molecule has 0 radical (unpaired) electrons. The third-order valence-corrected chi connectivity index (χ3v) is 5.00. The quantitative estimate of drug-likeness (QED) is 0.575. The fraction of sp³-hybridized carbons (Fsp3) is 0.333. The second-order valence-electron chi connectivity index (χ2n) is 7.30. The van der Waals surface area contributed by atoms with Crippen LogP contribution >= 0.6 is 11.6 Å². The summed E-state index contributed by atoms with van der Waals surface area (Å²) in [5.74, 6) is -1.29. The van der Waals surface area contributed by atoms with E-state index in [0.29, 0.717) is 21.9 Å². The molecule has 0 spiro atoms. The highest BCUT2D eigenvalue weighted by Crippen LogP contribution is 2.29. The van der Waals surface area contributed by atoms with Gasteiger partial charge in [0.1, 0.15) is 11.1 Å². The van der Waals surface area contributed by atoms with Gasteiger partial charge >= 0.3 is 5.97 Å². The van der Waals surface area contributed by atoms with Crippen LogP contribution in [0.15, 0.2) is 33.5 Å². The largest absolute Gasteiger partial charge is 0.455 e. The molecule has 0 bridgehead atoms. The van der Waals surface area contributed by atoms with Gasteiger partial charge in [-0.3, -0.25) is 19.7 Å². The van der Waals surface area contributed by atoms with Crippen LogP contribution in [0.1, 0.15) is 36.8 Å². The van der Waals surface area contributed by atoms with E-state index >= 15 is 0 Å². The molecule has 0 fully saturated rings. The summed E-state index contributed by atoms with van der Waals surface area (Å²) < 4.78 is 10.8. The molecule has 2 N–H and O–H groups in total. The maximum absolute atomic E-state index is 12.6. The fourth-order valence-corrected chi connectivity index (χ4v) is 3.51. The second-order valence-corrected chi connectivity index (χ2v) is 7.74. The molecule has 8 nitrogen and oxygen atoms in total. The van der Waals surface area contributed by atoms with Crippen LogP contribution in [0.3, 0.4) is 0 Å². The number of halogens is 1. The Bertz CT molecular complexity index is 1150. The van der Waals surface area contributed by atoms with Crippen LogP contribution in [0.2, 0.25) is 5.02 Å². The van der Waals surface area contributed by atoms with Crippen molar-refractivity contribution in [3.05, 3.63) is 56.7 Å². The fourth-order valence-electron chi connectivity index (χ4n) is 3.38. The predicted molar refractivity (Wildman–Crippen MR) is 113 cm³/mol. The van der Waals surface area contributed by atoms with Crippen molar-refractivity contribution in [3.63, 3.8) is 0 Å². The van der Waals surface area contributed by atoms with E-state index in [1.165, 1.54) is 0 Å². The zero-order chi connectivity index (χ0) is 22.0. The van der Waals surface area contributed by atoms with Gasteiger partial charge in [-0.15, -0.1) is 0 Å². The minimum absolute atomic E-state index is 0.00610. The Morgan fingerprint density at radius 2 is 1.87 bits per heavy atom. The Balaban J connectivity index is 1.72. The molecule has 1 aromatic carbocycles. The first-order valence-corrected chi connectivity index (χ1v) is 9.77. The second kappa shape index (κ2) is 8.71. The minimum Gasteiger partial charge on any atom is -0.455 e. The van der Waals surface area contributed by atoms with Gasteiger partial charge in [-0.05, 0) is 37.5 Å². The number of nitrogens with one attached hydrogen (secondary N) is 2. The number of aryl methyl sites for hydroxylation is 2. The SMILES string of the molecule is Cc1n[nH]c(=O)c2c(NC(=O)COC(=O)[C@H](c3ccc(Cl)cc3)C(C)C)oc(C)c12. The number of carbonyl (C=O) groups is 2. The number of H-pyrrole nitrogens is 1. The lowest BCUT2D eigenvalue weighted by atomic mass is 9.88. The molecular weight excluding hydrogens is 410 g/mol. The van der Waals surface area contributed by atoms with E-state index in [4.69, 9.17) is 20.8 Å². The molecule has 0 aliphatic carbocycles. The maximum Gasteiger partial charge on any atom is 0.314 e. The number of carbonyl (C=O) groups excluding carboxylic acids is 2. The number of fused-ring (bicyclic) bond motifs is 1. The first-order valence-electron chi connectivity index (χ1n) is 9.39. The smallest absolute Gasteiger partial charge is 0.314 e. The number of rotatable bonds is 6. The molecule has 2 aromatic heterocycles. The number of nitrogens with zero attached hydrogens (tertiary/aromatic N) is 1. The van der Waals surface area contributed by atoms with Gasteiger partial charge in [0.25, 0.3) is 11.5 Å². The van der Waals surface area contributed by atoms with Gasteiger partial charge in [0.05, 0.1) is 17.0 Å². The third kappa shape index (κ3) is 4.38. The predicted octanol–water partition coefficient (Wildman–Crippen LogP) is 3.71. The van der Waals surface area contributed by atoms with Crippen LogP contribution < -0.4 is 10.9 Å². The van der Waals surface area contributed by atoms with Crippen molar-refractivity contribution in [2.45, 2.75) is 33.6 Å². The van der Waals surface area contributed by atoms with Crippen LogP contribution in [0, 0.1) is 19.8 Å². The summed E-state index contributed by atoms with van der Waals surface area (Å²) in [6.45, 7) is 6.66. The molecule has 9 heteroatoms. The van der Waals surface area contributed by atoms with Gasteiger partial charge in [-0.2, -0.15) is 5.10 Å². The van der Waals surface area contributed by atoms with Crippen LogP contribution in [0.4, 0.5) is 5.88 Å². The van der Waals surface area contributed by atoms with Crippen molar-refractivity contribution in [1.29, 1.82) is 0 Å². The summed E-state index contributed by atoms with van der Waals surface area (Å²) in [6, 6.07) is 6.92. The summed E-state index contributed by atoms with van der Waals surface area (Å²) >= 11 is 5.91. The summed E-state index contributed by atoms with van der Waals surface area (Å²) in [5.41, 5.74) is 0.838. The molecular formula is C21H22ClN3O5. The highest BCUT2D eigenvalue weighted by Gasteiger charge is 2.27. The summed E-state index contributed by atoms with van der Waals surface area (Å²) in [4.78, 5) is 37.1. The van der Waals surface area contributed by atoms with Gasteiger partial charge in [0.15, 0.2) is 6.61 Å². The molecule has 0 saturated heterocycles. The minimum atomic E-state index is -0.619. The van der Waals surface area contributed by atoms with Gasteiger partial charge in [0.2, 0.25) is 5.88 Å². The first-order chi connectivity index (χ1) is 14.2. The van der Waals surface area contributed by atoms with Gasteiger partial charge in [0, 0.05) is 5.02 Å². The van der Waals surface area contributed by atoms with E-state index < -0.39 is 30.0 Å². The highest BCUT2D eigenvalue weighted by molar-refractivity contribution is 6.30. The normalized spacial score (nSPS) is 12.2. The number of anilines is 1. The van der Waals surface area contributed by atoms with Crippen LogP contribution in [0.5, 0.6) is 0 Å². The Morgan fingerprint density at radius 3 is 2.50 bits per heavy atom. The molecule has 0 aliphatic heterocycles. The third-order valence-electron chi connectivity index (χ3n) is 4.75. The van der Waals surface area contributed by atoms with Crippen molar-refractivity contribution >= 4 is 40.1 Å². The van der Waals surface area contributed by atoms with Crippen molar-refractivity contribution in [1.82, 2.24) is 10.2 Å². The van der Waals surface area contributed by atoms with Crippen molar-refractivity contribution in [2.24, 2.45) is 5.92 Å². The summed E-state index contributed by atoms with van der Waals surface area (Å²) in [7, 11) is 0. The molecule has 158 valence electrons. The van der Waals surface area contributed by atoms with E-state index in [1.807, 2.05) is 13.8 Å². The topological polar surface area (TPSA) is 114 Å². The lowest BCUT2D eigenvalue weighted by Crippen LogP contribution is -2.26. The highest BCUT2D eigenvalue weighted by atomic mass is 35.5. The van der Waals surface area contributed by atoms with E-state index in [9.17, 15) is 14.4 Å². The molecule has 3 rings (SSSR count). The van der Waals surface area contributed by atoms with Gasteiger partial charge in [-0.1, -0.05) is 37.6 Å².